The number of anilines is 1. The fourth-order valence-corrected chi connectivity index (χ4v) is 7.40. The minimum Gasteiger partial charge on any atom is -0.466 e. The number of ether oxygens (including phenoxy) is 3. The van der Waals surface area contributed by atoms with Crippen molar-refractivity contribution in [1.29, 1.82) is 0 Å². The van der Waals surface area contributed by atoms with E-state index in [-0.39, 0.29) is 18.1 Å². The third kappa shape index (κ3) is 6.42. The summed E-state index contributed by atoms with van der Waals surface area (Å²) < 4.78 is 16.3. The molecule has 0 radical (unpaired) electrons. The van der Waals surface area contributed by atoms with E-state index < -0.39 is 17.6 Å². The summed E-state index contributed by atoms with van der Waals surface area (Å²) in [5.41, 5.74) is 2.43. The lowest BCUT2D eigenvalue weighted by molar-refractivity contribution is -0.141. The maximum atomic E-state index is 13.8. The molecule has 3 aromatic rings. The van der Waals surface area contributed by atoms with Gasteiger partial charge in [0.15, 0.2) is 10.8 Å². The van der Waals surface area contributed by atoms with Gasteiger partial charge in [0.2, 0.25) is 0 Å². The molecule has 2 saturated heterocycles. The number of rotatable bonds is 11. The second kappa shape index (κ2) is 14.0. The van der Waals surface area contributed by atoms with Crippen LogP contribution in [0.25, 0.3) is 0 Å². The number of amides is 2. The van der Waals surface area contributed by atoms with Crippen LogP contribution in [0.5, 0.6) is 0 Å². The largest absolute Gasteiger partial charge is 0.466 e. The number of hydrogen-bond donors (Lipinski definition) is 1. The van der Waals surface area contributed by atoms with Crippen molar-refractivity contribution >= 4 is 52.9 Å². The van der Waals surface area contributed by atoms with Crippen molar-refractivity contribution in [3.05, 3.63) is 92.5 Å². The molecule has 14 heteroatoms. The molecule has 3 aliphatic rings. The molecule has 0 bridgehead atoms. The fraction of sp³-hybridized carbons (Fsp3) is 0.382. The SMILES string of the molecule is COC[C@@H]1[C@H]2CN(c3ccc(C(C)(C)OC=O)cc3)C(=O)N2CCN1CC1=C(C(=O)OC)[C@H](c2ccccc2Cl)N=C(c2nccs2)N1. The predicted molar refractivity (Wildman–Crippen MR) is 182 cm³/mol. The average molecular weight is 693 g/mol. The molecule has 2 amide bonds. The summed E-state index contributed by atoms with van der Waals surface area (Å²) >= 11 is 8.10. The Bertz CT molecular complexity index is 1730. The minimum absolute atomic E-state index is 0.0841. The third-order valence-electron chi connectivity index (χ3n) is 9.07. The number of nitrogens with zero attached hydrogens (tertiary/aromatic N) is 5. The lowest BCUT2D eigenvalue weighted by Gasteiger charge is -2.44. The van der Waals surface area contributed by atoms with Crippen LogP contribution in [0.15, 0.2) is 76.4 Å². The summed E-state index contributed by atoms with van der Waals surface area (Å²) in [4.78, 5) is 53.5. The van der Waals surface area contributed by atoms with Gasteiger partial charge < -0.3 is 24.4 Å². The molecule has 0 aliphatic carbocycles. The summed E-state index contributed by atoms with van der Waals surface area (Å²) in [6.45, 7) is 6.23. The van der Waals surface area contributed by atoms with Gasteiger partial charge in [-0.3, -0.25) is 19.6 Å². The van der Waals surface area contributed by atoms with Gasteiger partial charge >= 0.3 is 12.0 Å². The standard InChI is InChI=1S/C34H37ClN6O6S/c1-34(2,47-20-42)21-9-11-22(12-10-21)41-18-26-27(19-45-3)39(14-15-40(26)33(41)44)17-25-28(32(43)46-4)29(23-7-5-6-8-24(23)35)38-30(37-25)31-36-13-16-48-31/h5-13,16,20,26-27,29H,14-15,17-19H2,1-4H3,(H,37,38)/t26-,27-,29+/m1/s1. The number of aromatic nitrogens is 1. The number of esters is 1. The highest BCUT2D eigenvalue weighted by molar-refractivity contribution is 7.11. The summed E-state index contributed by atoms with van der Waals surface area (Å²) in [6, 6.07) is 13.6. The van der Waals surface area contributed by atoms with E-state index in [4.69, 9.17) is 30.8 Å². The van der Waals surface area contributed by atoms with Crippen molar-refractivity contribution in [1.82, 2.24) is 20.1 Å². The van der Waals surface area contributed by atoms with E-state index in [0.29, 0.717) is 72.0 Å². The van der Waals surface area contributed by atoms with Crippen LogP contribution in [0, 0.1) is 0 Å². The number of methoxy groups -OCH3 is 2. The van der Waals surface area contributed by atoms with Crippen molar-refractivity contribution in [2.24, 2.45) is 4.99 Å². The zero-order chi connectivity index (χ0) is 34.0. The quantitative estimate of drug-likeness (QED) is 0.230. The third-order valence-corrected chi connectivity index (χ3v) is 10.2. The predicted octanol–water partition coefficient (Wildman–Crippen LogP) is 4.36. The van der Waals surface area contributed by atoms with Crippen molar-refractivity contribution in [3.8, 4) is 0 Å². The van der Waals surface area contributed by atoms with Gasteiger partial charge in [0, 0.05) is 66.8 Å². The number of hydrogen-bond acceptors (Lipinski definition) is 11. The number of benzene rings is 2. The van der Waals surface area contributed by atoms with Crippen LogP contribution in [0.4, 0.5) is 10.5 Å². The van der Waals surface area contributed by atoms with E-state index in [9.17, 15) is 14.4 Å². The van der Waals surface area contributed by atoms with Crippen LogP contribution in [0.1, 0.15) is 36.0 Å². The van der Waals surface area contributed by atoms with Gasteiger partial charge in [-0.15, -0.1) is 11.3 Å². The monoisotopic (exact) mass is 692 g/mol. The summed E-state index contributed by atoms with van der Waals surface area (Å²) in [6.07, 6.45) is 1.71. The van der Waals surface area contributed by atoms with E-state index in [1.807, 2.05) is 66.6 Å². The second-order valence-corrected chi connectivity index (χ2v) is 13.5. The van der Waals surface area contributed by atoms with Crippen molar-refractivity contribution in [2.45, 2.75) is 37.6 Å². The van der Waals surface area contributed by atoms with E-state index in [0.717, 1.165) is 11.3 Å². The molecule has 12 nitrogen and oxygen atoms in total. The molecule has 4 heterocycles. The number of aliphatic imine (C=N–C) groups is 1. The smallest absolute Gasteiger partial charge is 0.338 e. The highest BCUT2D eigenvalue weighted by atomic mass is 35.5. The Labute approximate surface area is 287 Å². The van der Waals surface area contributed by atoms with Crippen LogP contribution in [-0.2, 0) is 29.4 Å². The first-order valence-electron chi connectivity index (χ1n) is 15.5. The Morgan fingerprint density at radius 1 is 1.15 bits per heavy atom. The molecule has 3 atom stereocenters. The first-order chi connectivity index (χ1) is 23.2. The van der Waals surface area contributed by atoms with Gasteiger partial charge in [-0.05, 0) is 37.6 Å². The second-order valence-electron chi connectivity index (χ2n) is 12.2. The molecule has 1 N–H and O–H groups in total. The number of nitrogens with one attached hydrogen (secondary N) is 1. The highest BCUT2D eigenvalue weighted by Gasteiger charge is 2.47. The molecule has 2 aromatic carbocycles. The van der Waals surface area contributed by atoms with Crippen molar-refractivity contribution < 1.29 is 28.6 Å². The lowest BCUT2D eigenvalue weighted by Crippen LogP contribution is -2.61. The summed E-state index contributed by atoms with van der Waals surface area (Å²) in [5.74, 6) is 0.0190. The van der Waals surface area contributed by atoms with Gasteiger partial charge in [0.05, 0.1) is 31.4 Å². The van der Waals surface area contributed by atoms with Crippen LogP contribution in [0.2, 0.25) is 5.02 Å². The van der Waals surface area contributed by atoms with Crippen molar-refractivity contribution in [2.75, 3.05) is 51.9 Å². The normalized spacial score (nSPS) is 21.5. The zero-order valence-corrected chi connectivity index (χ0v) is 28.7. The first kappa shape index (κ1) is 33.6. The molecule has 0 unspecified atom stereocenters. The maximum absolute atomic E-state index is 13.8. The van der Waals surface area contributed by atoms with Gasteiger partial charge in [-0.25, -0.2) is 14.6 Å². The molecule has 3 aliphatic heterocycles. The van der Waals surface area contributed by atoms with Crippen molar-refractivity contribution in [3.63, 3.8) is 0 Å². The van der Waals surface area contributed by atoms with Gasteiger partial charge in [-0.1, -0.05) is 41.9 Å². The minimum atomic E-state index is -0.795. The Morgan fingerprint density at radius 3 is 2.58 bits per heavy atom. The molecule has 48 heavy (non-hydrogen) atoms. The van der Waals surface area contributed by atoms with Crippen LogP contribution in [-0.4, -0.2) is 98.2 Å². The van der Waals surface area contributed by atoms with E-state index in [1.165, 1.54) is 18.4 Å². The van der Waals surface area contributed by atoms with E-state index in [2.05, 4.69) is 15.2 Å². The Hall–Kier alpha value is -4.30. The maximum Gasteiger partial charge on any atom is 0.338 e. The van der Waals surface area contributed by atoms with E-state index >= 15 is 0 Å². The molecule has 6 rings (SSSR count). The summed E-state index contributed by atoms with van der Waals surface area (Å²) in [7, 11) is 3.00. The lowest BCUT2D eigenvalue weighted by atomic mass is 9.94. The number of amidine groups is 1. The molecule has 0 spiro atoms. The molecule has 1 aromatic heterocycles. The van der Waals surface area contributed by atoms with Crippen LogP contribution in [0.3, 0.4) is 0 Å². The van der Waals surface area contributed by atoms with Gasteiger partial charge in [-0.2, -0.15) is 0 Å². The van der Waals surface area contributed by atoms with Gasteiger partial charge in [0.1, 0.15) is 11.6 Å². The first-order valence-corrected chi connectivity index (χ1v) is 16.8. The molecule has 0 saturated carbocycles. The number of fused-ring (bicyclic) bond motifs is 1. The molecule has 252 valence electrons. The van der Waals surface area contributed by atoms with Crippen LogP contribution < -0.4 is 10.2 Å². The fourth-order valence-electron chi connectivity index (χ4n) is 6.57. The summed E-state index contributed by atoms with van der Waals surface area (Å²) in [5, 5.41) is 6.44. The average Bonchev–Trinajstić information content (AvgIpc) is 3.74. The van der Waals surface area contributed by atoms with E-state index in [1.54, 1.807) is 24.3 Å². The number of thiazole rings is 1. The zero-order valence-electron chi connectivity index (χ0n) is 27.1. The van der Waals surface area contributed by atoms with Crippen LogP contribution >= 0.6 is 22.9 Å². The molecular weight excluding hydrogens is 656 g/mol. The number of carbonyl (C=O) groups is 3. The number of urea groups is 1. The molecule has 2 fully saturated rings. The van der Waals surface area contributed by atoms with Gasteiger partial charge in [0.25, 0.3) is 6.47 Å². The molecular formula is C34H37ClN6O6S. The number of halogens is 1. The topological polar surface area (TPSA) is 126 Å². The Morgan fingerprint density at radius 2 is 1.92 bits per heavy atom. The Kier molecular flexibility index (Phi) is 9.83. The number of carbonyl (C=O) groups excluding carboxylic acids is 3. The highest BCUT2D eigenvalue weighted by Crippen LogP contribution is 2.38. The number of piperazine rings is 1. The Balaban J connectivity index is 1.31.